The van der Waals surface area contributed by atoms with E-state index in [1.165, 1.54) is 42.0 Å². The summed E-state index contributed by atoms with van der Waals surface area (Å²) in [6, 6.07) is 11.2. The maximum Gasteiger partial charge on any atom is 0.137 e. The van der Waals surface area contributed by atoms with Gasteiger partial charge < -0.3 is 4.74 Å². The van der Waals surface area contributed by atoms with E-state index >= 15 is 0 Å². The summed E-state index contributed by atoms with van der Waals surface area (Å²) in [4.78, 5) is 0. The van der Waals surface area contributed by atoms with Crippen LogP contribution in [0.1, 0.15) is 23.1 Å². The molecule has 0 spiro atoms. The van der Waals surface area contributed by atoms with E-state index in [0.717, 1.165) is 0 Å². The largest absolute Gasteiger partial charge is 0.489 e. The van der Waals surface area contributed by atoms with E-state index in [4.69, 9.17) is 4.74 Å². The van der Waals surface area contributed by atoms with Crippen molar-refractivity contribution in [2.75, 3.05) is 0 Å². The lowest BCUT2D eigenvalue weighted by Gasteiger charge is -2.08. The lowest BCUT2D eigenvalue weighted by molar-refractivity contribution is 0.305. The van der Waals surface area contributed by atoms with Crippen molar-refractivity contribution in [1.29, 1.82) is 0 Å². The number of fused-ring (bicyclic) bond motifs is 1. The zero-order chi connectivity index (χ0) is 13.2. The summed E-state index contributed by atoms with van der Waals surface area (Å²) in [6.07, 6.45) is 3.62. The van der Waals surface area contributed by atoms with E-state index in [-0.39, 0.29) is 5.82 Å². The van der Waals surface area contributed by atoms with Gasteiger partial charge in [0.2, 0.25) is 0 Å². The molecule has 0 heterocycles. The van der Waals surface area contributed by atoms with Gasteiger partial charge in [0.15, 0.2) is 0 Å². The highest BCUT2D eigenvalue weighted by Crippen LogP contribution is 2.25. The number of hydrogen-bond acceptors (Lipinski definition) is 1. The summed E-state index contributed by atoms with van der Waals surface area (Å²) < 4.78 is 19.2. The van der Waals surface area contributed by atoms with Gasteiger partial charge in [0.1, 0.15) is 18.2 Å². The lowest BCUT2D eigenvalue weighted by atomic mass is 10.1. The Bertz CT molecular complexity index is 610. The van der Waals surface area contributed by atoms with Crippen LogP contribution < -0.4 is 4.74 Å². The van der Waals surface area contributed by atoms with Gasteiger partial charge in [-0.15, -0.1) is 0 Å². The first-order valence-corrected chi connectivity index (χ1v) is 7.20. The molecule has 1 aliphatic carbocycles. The van der Waals surface area contributed by atoms with Crippen LogP contribution in [0.2, 0.25) is 0 Å². The third-order valence-corrected chi connectivity index (χ3v) is 4.07. The molecule has 0 saturated carbocycles. The van der Waals surface area contributed by atoms with Gasteiger partial charge in [-0.2, -0.15) is 0 Å². The molecule has 0 aromatic heterocycles. The highest BCUT2D eigenvalue weighted by atomic mass is 79.9. The number of halogens is 2. The second-order valence-electron chi connectivity index (χ2n) is 4.82. The molecule has 0 unspecified atom stereocenters. The number of rotatable bonds is 3. The minimum atomic E-state index is -0.273. The van der Waals surface area contributed by atoms with Crippen molar-refractivity contribution < 1.29 is 9.13 Å². The number of hydrogen-bond donors (Lipinski definition) is 0. The predicted octanol–water partition coefficient (Wildman–Crippen LogP) is 4.66. The molecule has 0 atom stereocenters. The van der Waals surface area contributed by atoms with E-state index in [0.29, 0.717) is 16.8 Å². The zero-order valence-corrected chi connectivity index (χ0v) is 12.0. The normalized spacial score (nSPS) is 13.4. The van der Waals surface area contributed by atoms with Gasteiger partial charge in [-0.05, 0) is 70.1 Å². The first-order chi connectivity index (χ1) is 9.22. The van der Waals surface area contributed by atoms with Gasteiger partial charge >= 0.3 is 0 Å². The monoisotopic (exact) mass is 320 g/mol. The summed E-state index contributed by atoms with van der Waals surface area (Å²) in [7, 11) is 0. The van der Waals surface area contributed by atoms with Crippen molar-refractivity contribution in [3.8, 4) is 5.75 Å². The van der Waals surface area contributed by atoms with Crippen LogP contribution in [0.25, 0.3) is 0 Å². The van der Waals surface area contributed by atoms with Gasteiger partial charge in [0.25, 0.3) is 0 Å². The molecular formula is C16H14BrFO. The van der Waals surface area contributed by atoms with Crippen molar-refractivity contribution in [3.63, 3.8) is 0 Å². The van der Waals surface area contributed by atoms with Crippen molar-refractivity contribution in [2.45, 2.75) is 25.9 Å². The molecule has 0 fully saturated rings. The minimum absolute atomic E-state index is 0.273. The Morgan fingerprint density at radius 3 is 2.74 bits per heavy atom. The highest BCUT2D eigenvalue weighted by molar-refractivity contribution is 9.10. The Hall–Kier alpha value is -1.35. The summed E-state index contributed by atoms with van der Waals surface area (Å²) in [5.41, 5.74) is 4.08. The Kier molecular flexibility index (Phi) is 3.56. The molecule has 3 rings (SSSR count). The van der Waals surface area contributed by atoms with Gasteiger partial charge in [-0.3, -0.25) is 0 Å². The average molecular weight is 321 g/mol. The Balaban J connectivity index is 1.70. The van der Waals surface area contributed by atoms with Gasteiger partial charge in [0.05, 0.1) is 4.47 Å². The molecule has 2 aromatic rings. The van der Waals surface area contributed by atoms with E-state index in [1.807, 2.05) is 0 Å². The zero-order valence-electron chi connectivity index (χ0n) is 10.5. The van der Waals surface area contributed by atoms with Crippen molar-refractivity contribution >= 4 is 15.9 Å². The van der Waals surface area contributed by atoms with Crippen molar-refractivity contribution in [1.82, 2.24) is 0 Å². The Morgan fingerprint density at radius 1 is 1.05 bits per heavy atom. The fourth-order valence-electron chi connectivity index (χ4n) is 2.45. The van der Waals surface area contributed by atoms with Crippen LogP contribution in [0.3, 0.4) is 0 Å². The molecule has 0 radical (unpaired) electrons. The van der Waals surface area contributed by atoms with Crippen molar-refractivity contribution in [2.24, 2.45) is 0 Å². The second kappa shape index (κ2) is 5.33. The maximum absolute atomic E-state index is 13.1. The van der Waals surface area contributed by atoms with Crippen LogP contribution in [-0.4, -0.2) is 0 Å². The standard InChI is InChI=1S/C16H14BrFO/c17-15-9-14(6-7-16(15)18)19-10-11-4-5-12-2-1-3-13(12)8-11/h4-9H,1-3,10H2. The molecule has 19 heavy (non-hydrogen) atoms. The minimum Gasteiger partial charge on any atom is -0.489 e. The first kappa shape index (κ1) is 12.7. The quantitative estimate of drug-likeness (QED) is 0.799. The van der Waals surface area contributed by atoms with E-state index in [1.54, 1.807) is 12.1 Å². The SMILES string of the molecule is Fc1ccc(OCc2ccc3c(c2)CCC3)cc1Br. The summed E-state index contributed by atoms with van der Waals surface area (Å²) in [5, 5.41) is 0. The van der Waals surface area contributed by atoms with E-state index in [2.05, 4.69) is 34.1 Å². The van der Waals surface area contributed by atoms with Crippen LogP contribution in [0.5, 0.6) is 5.75 Å². The molecule has 1 aliphatic rings. The Morgan fingerprint density at radius 2 is 1.89 bits per heavy atom. The van der Waals surface area contributed by atoms with E-state index in [9.17, 15) is 4.39 Å². The molecule has 0 bridgehead atoms. The predicted molar refractivity (Wildman–Crippen MR) is 76.9 cm³/mol. The van der Waals surface area contributed by atoms with E-state index < -0.39 is 0 Å². The topological polar surface area (TPSA) is 9.23 Å². The van der Waals surface area contributed by atoms with Gasteiger partial charge in [-0.25, -0.2) is 4.39 Å². The first-order valence-electron chi connectivity index (χ1n) is 6.41. The smallest absolute Gasteiger partial charge is 0.137 e. The van der Waals surface area contributed by atoms with Crippen LogP contribution >= 0.6 is 15.9 Å². The van der Waals surface area contributed by atoms with Crippen LogP contribution in [-0.2, 0) is 19.4 Å². The number of ether oxygens (including phenoxy) is 1. The summed E-state index contributed by atoms with van der Waals surface area (Å²) in [5.74, 6) is 0.402. The molecule has 98 valence electrons. The average Bonchev–Trinajstić information content (AvgIpc) is 2.87. The molecule has 2 aromatic carbocycles. The molecular weight excluding hydrogens is 307 g/mol. The number of benzene rings is 2. The summed E-state index contributed by atoms with van der Waals surface area (Å²) >= 11 is 3.16. The fraction of sp³-hybridized carbons (Fsp3) is 0.250. The molecule has 3 heteroatoms. The van der Waals surface area contributed by atoms with Gasteiger partial charge in [0, 0.05) is 0 Å². The van der Waals surface area contributed by atoms with Crippen molar-refractivity contribution in [3.05, 3.63) is 63.4 Å². The Labute approximate surface area is 120 Å². The number of aryl methyl sites for hydroxylation is 2. The second-order valence-corrected chi connectivity index (χ2v) is 5.68. The van der Waals surface area contributed by atoms with Crippen LogP contribution in [0, 0.1) is 5.82 Å². The third-order valence-electron chi connectivity index (χ3n) is 3.46. The molecule has 0 aliphatic heterocycles. The molecule has 1 nitrogen and oxygen atoms in total. The maximum atomic E-state index is 13.1. The third kappa shape index (κ3) is 2.81. The van der Waals surface area contributed by atoms with Crippen LogP contribution in [0.4, 0.5) is 4.39 Å². The van der Waals surface area contributed by atoms with Crippen LogP contribution in [0.15, 0.2) is 40.9 Å². The lowest BCUT2D eigenvalue weighted by Crippen LogP contribution is -1.97. The van der Waals surface area contributed by atoms with Gasteiger partial charge in [-0.1, -0.05) is 18.2 Å². The molecule has 0 N–H and O–H groups in total. The fourth-order valence-corrected chi connectivity index (χ4v) is 2.81. The summed E-state index contributed by atoms with van der Waals surface area (Å²) in [6.45, 7) is 0.519. The highest BCUT2D eigenvalue weighted by Gasteiger charge is 2.11. The molecule has 0 amide bonds. The molecule has 0 saturated heterocycles.